The van der Waals surface area contributed by atoms with E-state index in [1.54, 1.807) is 0 Å². The Labute approximate surface area is 104 Å². The van der Waals surface area contributed by atoms with Crippen LogP contribution in [0.5, 0.6) is 0 Å². The van der Waals surface area contributed by atoms with Gasteiger partial charge in [-0.3, -0.25) is 4.79 Å². The zero-order valence-electron chi connectivity index (χ0n) is 9.84. The molecule has 2 aromatic rings. The van der Waals surface area contributed by atoms with Gasteiger partial charge in [0, 0.05) is 0 Å². The van der Waals surface area contributed by atoms with Gasteiger partial charge in [-0.2, -0.15) is 13.2 Å². The molecule has 0 saturated heterocycles. The van der Waals surface area contributed by atoms with Crippen molar-refractivity contribution in [2.24, 2.45) is 0 Å². The molecule has 0 bridgehead atoms. The second-order valence-electron chi connectivity index (χ2n) is 3.93. The second kappa shape index (κ2) is 4.54. The van der Waals surface area contributed by atoms with Crippen molar-refractivity contribution >= 4 is 10.9 Å². The van der Waals surface area contributed by atoms with Crippen LogP contribution in [0.1, 0.15) is 5.56 Å². The number of nitrogens with one attached hydrogen (secondary N) is 2. The highest BCUT2D eigenvalue weighted by molar-refractivity contribution is 5.78. The van der Waals surface area contributed by atoms with Gasteiger partial charge in [0.25, 0.3) is 5.56 Å². The van der Waals surface area contributed by atoms with Crippen LogP contribution in [0, 0.1) is 0 Å². The fraction of sp³-hybridized carbons (Fsp3) is 0.273. The van der Waals surface area contributed by atoms with E-state index in [4.69, 9.17) is 0 Å². The normalized spacial score (nSPS) is 12.0. The minimum atomic E-state index is -4.54. The zero-order valence-corrected chi connectivity index (χ0v) is 9.84. The number of benzene rings is 1. The summed E-state index contributed by atoms with van der Waals surface area (Å²) in [5, 5.41) is 2.42. The van der Waals surface area contributed by atoms with Gasteiger partial charge in [0.15, 0.2) is 0 Å². The summed E-state index contributed by atoms with van der Waals surface area (Å²) >= 11 is 0. The van der Waals surface area contributed by atoms with E-state index >= 15 is 0 Å². The Morgan fingerprint density at radius 1 is 1.32 bits per heavy atom. The van der Waals surface area contributed by atoms with Crippen molar-refractivity contribution in [2.75, 3.05) is 7.05 Å². The zero-order chi connectivity index (χ0) is 14.2. The van der Waals surface area contributed by atoms with Gasteiger partial charge in [-0.15, -0.1) is 0 Å². The van der Waals surface area contributed by atoms with Gasteiger partial charge in [-0.05, 0) is 25.2 Å². The molecule has 1 aromatic carbocycles. The van der Waals surface area contributed by atoms with Crippen LogP contribution in [0.3, 0.4) is 0 Å². The van der Waals surface area contributed by atoms with Gasteiger partial charge in [0.05, 0.1) is 23.1 Å². The van der Waals surface area contributed by atoms with Gasteiger partial charge in [0.2, 0.25) is 0 Å². The van der Waals surface area contributed by atoms with Gasteiger partial charge in [0.1, 0.15) is 0 Å². The number of alkyl halides is 3. The van der Waals surface area contributed by atoms with Gasteiger partial charge in [-0.25, -0.2) is 9.36 Å². The summed E-state index contributed by atoms with van der Waals surface area (Å²) in [5.74, 6) is 0. The highest BCUT2D eigenvalue weighted by Crippen LogP contribution is 2.30. The smallest absolute Gasteiger partial charge is 0.307 e. The van der Waals surface area contributed by atoms with Crippen molar-refractivity contribution in [1.82, 2.24) is 14.9 Å². The lowest BCUT2D eigenvalue weighted by molar-refractivity contribution is -0.137. The molecule has 0 spiro atoms. The first-order valence-electron chi connectivity index (χ1n) is 5.33. The fourth-order valence-electron chi connectivity index (χ4n) is 1.73. The minimum Gasteiger partial charge on any atom is -0.307 e. The number of H-pyrrole nitrogens is 1. The van der Waals surface area contributed by atoms with Crippen LogP contribution in [0.15, 0.2) is 27.8 Å². The maximum Gasteiger partial charge on any atom is 0.416 e. The van der Waals surface area contributed by atoms with E-state index in [0.717, 1.165) is 22.8 Å². The average Bonchev–Trinajstić information content (AvgIpc) is 2.33. The van der Waals surface area contributed by atoms with E-state index < -0.39 is 23.0 Å². The number of aromatic amines is 1. The molecule has 1 heterocycles. The average molecular weight is 273 g/mol. The van der Waals surface area contributed by atoms with Crippen LogP contribution in [0.4, 0.5) is 13.2 Å². The van der Waals surface area contributed by atoms with E-state index in [9.17, 15) is 22.8 Å². The third-order valence-corrected chi connectivity index (χ3v) is 2.63. The summed E-state index contributed by atoms with van der Waals surface area (Å²) in [4.78, 5) is 25.9. The molecule has 102 valence electrons. The molecule has 0 amide bonds. The standard InChI is InChI=1S/C11H10F3N3O2/c1-15-5-17-9(18)7-4-6(11(12,13)14)2-3-8(7)16-10(17)19/h2-4,15H,5H2,1H3,(H,16,19). The molecule has 0 aliphatic carbocycles. The summed E-state index contributed by atoms with van der Waals surface area (Å²) in [6.07, 6.45) is -4.54. The summed E-state index contributed by atoms with van der Waals surface area (Å²) in [6, 6.07) is 2.63. The quantitative estimate of drug-likeness (QED) is 0.853. The molecule has 0 unspecified atom stereocenters. The monoisotopic (exact) mass is 273 g/mol. The number of hydrogen-bond acceptors (Lipinski definition) is 3. The number of aromatic nitrogens is 2. The van der Waals surface area contributed by atoms with Crippen molar-refractivity contribution in [3.63, 3.8) is 0 Å². The molecule has 0 radical (unpaired) electrons. The summed E-state index contributed by atoms with van der Waals surface area (Å²) in [5.41, 5.74) is -2.29. The lowest BCUT2D eigenvalue weighted by Gasteiger charge is -2.09. The first-order valence-corrected chi connectivity index (χ1v) is 5.33. The van der Waals surface area contributed by atoms with Crippen molar-refractivity contribution in [1.29, 1.82) is 0 Å². The molecule has 8 heteroatoms. The maximum atomic E-state index is 12.6. The molecule has 0 atom stereocenters. The molecule has 0 fully saturated rings. The number of hydrogen-bond donors (Lipinski definition) is 2. The van der Waals surface area contributed by atoms with Gasteiger partial charge < -0.3 is 10.3 Å². The molecule has 2 rings (SSSR count). The third-order valence-electron chi connectivity index (χ3n) is 2.63. The highest BCUT2D eigenvalue weighted by atomic mass is 19.4. The van der Waals surface area contributed by atoms with E-state index in [1.165, 1.54) is 7.05 Å². The van der Waals surface area contributed by atoms with Gasteiger partial charge in [-0.1, -0.05) is 0 Å². The highest BCUT2D eigenvalue weighted by Gasteiger charge is 2.30. The number of nitrogens with zero attached hydrogens (tertiary/aromatic N) is 1. The Hall–Kier alpha value is -2.09. The van der Waals surface area contributed by atoms with Crippen molar-refractivity contribution in [2.45, 2.75) is 12.8 Å². The van der Waals surface area contributed by atoms with Crippen molar-refractivity contribution < 1.29 is 13.2 Å². The first kappa shape index (κ1) is 13.3. The Bertz CT molecular complexity index is 731. The van der Waals surface area contributed by atoms with Crippen molar-refractivity contribution in [3.8, 4) is 0 Å². The number of fused-ring (bicyclic) bond motifs is 1. The largest absolute Gasteiger partial charge is 0.416 e. The maximum absolute atomic E-state index is 12.6. The first-order chi connectivity index (χ1) is 8.84. The predicted octanol–water partition coefficient (Wildman–Crippen LogP) is 0.886. The molecule has 2 N–H and O–H groups in total. The lowest BCUT2D eigenvalue weighted by Crippen LogP contribution is -2.38. The van der Waals surface area contributed by atoms with Crippen LogP contribution >= 0.6 is 0 Å². The Kier molecular flexibility index (Phi) is 3.19. The van der Waals surface area contributed by atoms with Crippen molar-refractivity contribution in [3.05, 3.63) is 44.6 Å². The molecule has 0 aliphatic rings. The Balaban J connectivity index is 2.78. The molecular formula is C11H10F3N3O2. The molecule has 19 heavy (non-hydrogen) atoms. The van der Waals surface area contributed by atoms with Gasteiger partial charge >= 0.3 is 11.9 Å². The SMILES string of the molecule is CNCn1c(=O)[nH]c2ccc(C(F)(F)F)cc2c1=O. The topological polar surface area (TPSA) is 66.9 Å². The summed E-state index contributed by atoms with van der Waals surface area (Å²) in [6.45, 7) is -0.0830. The van der Waals surface area contributed by atoms with Crippen LogP contribution in [-0.4, -0.2) is 16.6 Å². The molecular weight excluding hydrogens is 263 g/mol. The molecule has 5 nitrogen and oxygen atoms in total. The van der Waals surface area contributed by atoms with E-state index in [1.807, 2.05) is 0 Å². The number of rotatable bonds is 2. The molecule has 0 aliphatic heterocycles. The van der Waals surface area contributed by atoms with Crippen LogP contribution in [-0.2, 0) is 12.8 Å². The summed E-state index contributed by atoms with van der Waals surface area (Å²) < 4.78 is 38.5. The van der Waals surface area contributed by atoms with Crippen LogP contribution in [0.25, 0.3) is 10.9 Å². The lowest BCUT2D eigenvalue weighted by atomic mass is 10.1. The molecule has 0 saturated carbocycles. The van der Waals surface area contributed by atoms with E-state index in [0.29, 0.717) is 0 Å². The molecule has 1 aromatic heterocycles. The predicted molar refractivity (Wildman–Crippen MR) is 62.9 cm³/mol. The van der Waals surface area contributed by atoms with Crippen LogP contribution < -0.4 is 16.6 Å². The second-order valence-corrected chi connectivity index (χ2v) is 3.93. The fourth-order valence-corrected chi connectivity index (χ4v) is 1.73. The third kappa shape index (κ3) is 2.39. The summed E-state index contributed by atoms with van der Waals surface area (Å²) in [7, 11) is 1.52. The van der Waals surface area contributed by atoms with E-state index in [2.05, 4.69) is 10.3 Å². The minimum absolute atomic E-state index is 0.0790. The van der Waals surface area contributed by atoms with Crippen LogP contribution in [0.2, 0.25) is 0 Å². The Morgan fingerprint density at radius 3 is 2.58 bits per heavy atom. The Morgan fingerprint density at radius 2 is 2.00 bits per heavy atom. The van der Waals surface area contributed by atoms with E-state index in [-0.39, 0.29) is 17.6 Å². The number of halogens is 3.